The van der Waals surface area contributed by atoms with E-state index < -0.39 is 9.73 Å². The predicted octanol–water partition coefficient (Wildman–Crippen LogP) is 4.09. The Balaban J connectivity index is 2.44. The third-order valence-corrected chi connectivity index (χ3v) is 4.48. The molecule has 0 aliphatic rings. The molecule has 0 radical (unpaired) electrons. The monoisotopic (exact) mass is 259 g/mol. The predicted molar refractivity (Wildman–Crippen MR) is 76.8 cm³/mol. The van der Waals surface area contributed by atoms with Gasteiger partial charge in [0.05, 0.1) is 15.4 Å². The first kappa shape index (κ1) is 12.8. The van der Waals surface area contributed by atoms with Crippen LogP contribution in [-0.4, -0.2) is 10.5 Å². The lowest BCUT2D eigenvalue weighted by Crippen LogP contribution is -1.96. The molecule has 2 rings (SSSR count). The molecule has 0 saturated carbocycles. The topological polar surface area (TPSA) is 29.4 Å². The molecule has 0 saturated heterocycles. The molecule has 0 fully saturated rings. The maximum atomic E-state index is 12.6. The molecule has 94 valence electrons. The van der Waals surface area contributed by atoms with Gasteiger partial charge in [-0.1, -0.05) is 35.4 Å². The number of hydrogen-bond donors (Lipinski definition) is 0. The number of aryl methyl sites for hydroxylation is 2. The summed E-state index contributed by atoms with van der Waals surface area (Å²) in [4.78, 5) is 0.772. The van der Waals surface area contributed by atoms with Crippen LogP contribution in [-0.2, 0) is 9.73 Å². The molecule has 0 amide bonds. The van der Waals surface area contributed by atoms with Crippen LogP contribution in [0.25, 0.3) is 0 Å². The normalized spacial score (nSPS) is 13.9. The maximum Gasteiger partial charge on any atom is 0.0771 e. The van der Waals surface area contributed by atoms with E-state index in [0.717, 1.165) is 16.1 Å². The summed E-state index contributed by atoms with van der Waals surface area (Å²) in [5.74, 6) is 0. The number of hydrogen-bond acceptors (Lipinski definition) is 2. The van der Waals surface area contributed by atoms with Gasteiger partial charge in [-0.25, -0.2) is 4.21 Å². The Morgan fingerprint density at radius 2 is 1.28 bits per heavy atom. The molecular weight excluding hydrogens is 242 g/mol. The van der Waals surface area contributed by atoms with Crippen molar-refractivity contribution >= 4 is 15.4 Å². The van der Waals surface area contributed by atoms with E-state index in [4.69, 9.17) is 0 Å². The summed E-state index contributed by atoms with van der Waals surface area (Å²) in [6.45, 7) is 4.03. The zero-order valence-corrected chi connectivity index (χ0v) is 11.7. The molecule has 2 aromatic rings. The Bertz CT molecular complexity index is 648. The highest BCUT2D eigenvalue weighted by molar-refractivity contribution is 7.93. The fourth-order valence-corrected chi connectivity index (χ4v) is 2.92. The van der Waals surface area contributed by atoms with Gasteiger partial charge in [0, 0.05) is 11.2 Å². The average Bonchev–Trinajstić information content (AvgIpc) is 2.32. The van der Waals surface area contributed by atoms with Crippen LogP contribution in [0, 0.1) is 13.8 Å². The van der Waals surface area contributed by atoms with Crippen molar-refractivity contribution in [2.75, 3.05) is 6.26 Å². The van der Waals surface area contributed by atoms with Crippen molar-refractivity contribution in [1.29, 1.82) is 0 Å². The SMILES string of the molecule is Cc1ccc(N=S(C)(=O)c2ccc(C)cc2)cc1. The van der Waals surface area contributed by atoms with Gasteiger partial charge >= 0.3 is 0 Å². The summed E-state index contributed by atoms with van der Waals surface area (Å²) in [5, 5.41) is 0. The number of nitrogens with zero attached hydrogens (tertiary/aromatic N) is 1. The fourth-order valence-electron chi connectivity index (χ4n) is 1.65. The molecule has 0 aliphatic heterocycles. The third-order valence-electron chi connectivity index (χ3n) is 2.77. The van der Waals surface area contributed by atoms with Gasteiger partial charge in [0.15, 0.2) is 0 Å². The van der Waals surface area contributed by atoms with Crippen molar-refractivity contribution < 1.29 is 4.21 Å². The number of rotatable bonds is 2. The molecule has 1 unspecified atom stereocenters. The van der Waals surface area contributed by atoms with E-state index in [1.807, 2.05) is 62.4 Å². The molecule has 3 heteroatoms. The van der Waals surface area contributed by atoms with Gasteiger partial charge < -0.3 is 0 Å². The van der Waals surface area contributed by atoms with Crippen molar-refractivity contribution in [3.05, 3.63) is 59.7 Å². The van der Waals surface area contributed by atoms with Gasteiger partial charge in [0.2, 0.25) is 0 Å². The van der Waals surface area contributed by atoms with Gasteiger partial charge in [-0.3, -0.25) is 0 Å². The van der Waals surface area contributed by atoms with E-state index in [1.54, 1.807) is 6.26 Å². The molecule has 0 spiro atoms. The Morgan fingerprint density at radius 3 is 1.78 bits per heavy atom. The van der Waals surface area contributed by atoms with Crippen LogP contribution in [0.3, 0.4) is 0 Å². The Morgan fingerprint density at radius 1 is 0.833 bits per heavy atom. The molecule has 2 aromatic carbocycles. The molecule has 0 N–H and O–H groups in total. The van der Waals surface area contributed by atoms with Crippen LogP contribution in [0.15, 0.2) is 57.8 Å². The van der Waals surface area contributed by atoms with Gasteiger partial charge in [-0.2, -0.15) is 4.36 Å². The molecular formula is C15H17NOS. The largest absolute Gasteiger partial charge is 0.245 e. The molecule has 0 heterocycles. The summed E-state index contributed by atoms with van der Waals surface area (Å²) >= 11 is 0. The first-order chi connectivity index (χ1) is 8.47. The Kier molecular flexibility index (Phi) is 3.53. The van der Waals surface area contributed by atoms with Crippen LogP contribution in [0.4, 0.5) is 5.69 Å². The van der Waals surface area contributed by atoms with Gasteiger partial charge in [0.1, 0.15) is 0 Å². The number of benzene rings is 2. The lowest BCUT2D eigenvalue weighted by atomic mass is 10.2. The van der Waals surface area contributed by atoms with Crippen LogP contribution in [0.2, 0.25) is 0 Å². The molecule has 0 aliphatic carbocycles. The van der Waals surface area contributed by atoms with Crippen molar-refractivity contribution in [1.82, 2.24) is 0 Å². The van der Waals surface area contributed by atoms with E-state index in [1.165, 1.54) is 5.56 Å². The zero-order chi connectivity index (χ0) is 13.2. The van der Waals surface area contributed by atoms with Crippen molar-refractivity contribution in [3.8, 4) is 0 Å². The summed E-state index contributed by atoms with van der Waals surface area (Å²) in [5.41, 5.74) is 3.09. The van der Waals surface area contributed by atoms with E-state index in [0.29, 0.717) is 0 Å². The second kappa shape index (κ2) is 4.94. The summed E-state index contributed by atoms with van der Waals surface area (Å²) < 4.78 is 16.9. The first-order valence-corrected chi connectivity index (χ1v) is 7.75. The second-order valence-electron chi connectivity index (χ2n) is 4.54. The van der Waals surface area contributed by atoms with E-state index >= 15 is 0 Å². The molecule has 18 heavy (non-hydrogen) atoms. The Hall–Kier alpha value is -1.61. The summed E-state index contributed by atoms with van der Waals surface area (Å²) in [7, 11) is -2.37. The molecule has 0 aromatic heterocycles. The summed E-state index contributed by atoms with van der Waals surface area (Å²) in [6.07, 6.45) is 1.68. The quantitative estimate of drug-likeness (QED) is 0.798. The standard InChI is InChI=1S/C15H17NOS/c1-12-4-8-14(9-5-12)16-18(3,17)15-10-6-13(2)7-11-15/h4-11H,1-3H3. The van der Waals surface area contributed by atoms with Crippen molar-refractivity contribution in [2.45, 2.75) is 18.7 Å². The molecule has 0 bridgehead atoms. The van der Waals surface area contributed by atoms with Crippen LogP contribution < -0.4 is 0 Å². The highest BCUT2D eigenvalue weighted by Gasteiger charge is 2.05. The third kappa shape index (κ3) is 2.99. The minimum atomic E-state index is -2.37. The van der Waals surface area contributed by atoms with E-state index in [9.17, 15) is 4.21 Å². The minimum Gasteiger partial charge on any atom is -0.245 e. The lowest BCUT2D eigenvalue weighted by Gasteiger charge is -2.05. The van der Waals surface area contributed by atoms with Crippen molar-refractivity contribution in [3.63, 3.8) is 0 Å². The van der Waals surface area contributed by atoms with Crippen molar-refractivity contribution in [2.24, 2.45) is 4.36 Å². The maximum absolute atomic E-state index is 12.6. The molecule has 2 nitrogen and oxygen atoms in total. The fraction of sp³-hybridized carbons (Fsp3) is 0.200. The van der Waals surface area contributed by atoms with Crippen LogP contribution in [0.5, 0.6) is 0 Å². The second-order valence-corrected chi connectivity index (χ2v) is 6.80. The van der Waals surface area contributed by atoms with Gasteiger partial charge in [-0.05, 0) is 38.1 Å². The van der Waals surface area contributed by atoms with Gasteiger partial charge in [0.25, 0.3) is 0 Å². The average molecular weight is 259 g/mol. The lowest BCUT2D eigenvalue weighted by molar-refractivity contribution is 0.681. The first-order valence-electron chi connectivity index (χ1n) is 5.83. The Labute approximate surface area is 109 Å². The molecule has 1 atom stereocenters. The van der Waals surface area contributed by atoms with Crippen LogP contribution >= 0.6 is 0 Å². The van der Waals surface area contributed by atoms with Gasteiger partial charge in [-0.15, -0.1) is 0 Å². The highest BCUT2D eigenvalue weighted by Crippen LogP contribution is 2.20. The van der Waals surface area contributed by atoms with E-state index in [2.05, 4.69) is 4.36 Å². The summed E-state index contributed by atoms with van der Waals surface area (Å²) in [6, 6.07) is 15.4. The van der Waals surface area contributed by atoms with E-state index in [-0.39, 0.29) is 0 Å². The smallest absolute Gasteiger partial charge is 0.0771 e. The zero-order valence-electron chi connectivity index (χ0n) is 10.9. The minimum absolute atomic E-state index is 0.758. The van der Waals surface area contributed by atoms with Crippen LogP contribution in [0.1, 0.15) is 11.1 Å². The highest BCUT2D eigenvalue weighted by atomic mass is 32.2.